The molecule has 4 aromatic rings. The van der Waals surface area contributed by atoms with E-state index in [-0.39, 0.29) is 46.7 Å². The zero-order valence-electron chi connectivity index (χ0n) is 54.6. The summed E-state index contributed by atoms with van der Waals surface area (Å²) in [6, 6.07) is 16.0. The van der Waals surface area contributed by atoms with Gasteiger partial charge in [-0.25, -0.2) is 0 Å². The smallest absolute Gasteiger partial charge is 0.126 e. The molecule has 472 valence electrons. The second-order valence-electron chi connectivity index (χ2n) is 25.3. The first kappa shape index (κ1) is 70.0. The van der Waals surface area contributed by atoms with E-state index in [2.05, 4.69) is 52.0 Å². The number of methoxy groups -OCH3 is 4. The molecule has 0 spiro atoms. The standard InChI is InChI=1S/C76H120O8/c1-9-13-17-21-25-29-33-37-41-45-57-61-49-62(70(78)53-69(61)77)58(46-42-38-34-30-26-22-18-14-10-2)67-52-68(76(84-8)56-75(67)83-7)60(48-44-40-36-32-28-24-20-16-12-4)64-50-63(71(79)54-72(64)80)59(47-43-39-35-31-27-23-19-15-11-3)66-51-65(57)73(81-5)55-74(66)82-6/h49-60,77-80H,9-48H2,1-8H3/t57-,58+,59+,60-. The van der Waals surface area contributed by atoms with Crippen molar-refractivity contribution in [2.75, 3.05) is 28.4 Å². The fourth-order valence-corrected chi connectivity index (χ4v) is 13.9. The van der Waals surface area contributed by atoms with Gasteiger partial charge in [-0.3, -0.25) is 0 Å². The molecule has 0 saturated carbocycles. The molecule has 0 heterocycles. The van der Waals surface area contributed by atoms with Gasteiger partial charge in [0.25, 0.3) is 0 Å². The van der Waals surface area contributed by atoms with E-state index in [1.165, 1.54) is 154 Å². The van der Waals surface area contributed by atoms with Crippen LogP contribution in [-0.2, 0) is 0 Å². The van der Waals surface area contributed by atoms with Crippen molar-refractivity contribution >= 4 is 0 Å². The summed E-state index contributed by atoms with van der Waals surface area (Å²) in [4.78, 5) is 0. The minimum Gasteiger partial charge on any atom is -0.508 e. The molecule has 0 aromatic heterocycles. The van der Waals surface area contributed by atoms with Crippen molar-refractivity contribution in [1.29, 1.82) is 0 Å². The van der Waals surface area contributed by atoms with Gasteiger partial charge in [-0.05, 0) is 49.9 Å². The Kier molecular flexibility index (Phi) is 33.9. The minimum absolute atomic E-state index is 0.0648. The fourth-order valence-electron chi connectivity index (χ4n) is 13.9. The monoisotopic (exact) mass is 1160 g/mol. The average molecular weight is 1160 g/mol. The predicted molar refractivity (Wildman–Crippen MR) is 353 cm³/mol. The van der Waals surface area contributed by atoms with Crippen LogP contribution in [0.4, 0.5) is 0 Å². The normalized spacial score (nSPS) is 15.8. The van der Waals surface area contributed by atoms with E-state index in [4.69, 9.17) is 18.9 Å². The minimum atomic E-state index is -0.304. The second-order valence-corrected chi connectivity index (χ2v) is 25.3. The Morgan fingerprint density at radius 2 is 0.393 bits per heavy atom. The van der Waals surface area contributed by atoms with E-state index >= 15 is 0 Å². The number of unbranched alkanes of at least 4 members (excludes halogenated alkanes) is 32. The van der Waals surface area contributed by atoms with E-state index in [0.29, 0.717) is 23.0 Å². The molecule has 8 bridgehead atoms. The number of hydrogen-bond donors (Lipinski definition) is 4. The third-order valence-corrected chi connectivity index (χ3v) is 18.9. The highest BCUT2D eigenvalue weighted by molar-refractivity contribution is 5.62. The molecule has 8 nitrogen and oxygen atoms in total. The SMILES string of the molecule is CCCCCCCCCCC[C@@H]1c2cc(c(O)cc2O)[C@H](CCCCCCCCCCC)c2cc(c(OC)cc2OC)[C@H](CCCCCCCCCCC)c2cc(c(O)cc2O)[C@H](CCCCCCCCCCC)c2cc1c(OC)cc2OC. The van der Waals surface area contributed by atoms with Crippen LogP contribution >= 0.6 is 0 Å². The number of hydrogen-bond acceptors (Lipinski definition) is 8. The number of benzene rings is 4. The summed E-state index contributed by atoms with van der Waals surface area (Å²) in [5.74, 6) is 1.76. The third-order valence-electron chi connectivity index (χ3n) is 18.9. The lowest BCUT2D eigenvalue weighted by atomic mass is 9.76. The second kappa shape index (κ2) is 40.6. The Bertz CT molecular complexity index is 2110. The van der Waals surface area contributed by atoms with Crippen LogP contribution in [0.25, 0.3) is 0 Å². The fraction of sp³-hybridized carbons (Fsp3) is 0.684. The van der Waals surface area contributed by atoms with Crippen molar-refractivity contribution in [3.8, 4) is 46.0 Å². The zero-order valence-corrected chi connectivity index (χ0v) is 54.6. The maximum absolute atomic E-state index is 12.4. The van der Waals surface area contributed by atoms with Crippen molar-refractivity contribution in [2.24, 2.45) is 0 Å². The Labute approximate surface area is 512 Å². The summed E-state index contributed by atoms with van der Waals surface area (Å²) in [7, 11) is 6.90. The Hall–Kier alpha value is -4.72. The summed E-state index contributed by atoms with van der Waals surface area (Å²) in [6.45, 7) is 9.08. The molecule has 8 heteroatoms. The van der Waals surface area contributed by atoms with Gasteiger partial charge in [-0.15, -0.1) is 0 Å². The van der Waals surface area contributed by atoms with Crippen molar-refractivity contribution in [3.05, 3.63) is 93.0 Å². The number of rotatable bonds is 44. The Morgan fingerprint density at radius 3 is 0.571 bits per heavy atom. The van der Waals surface area contributed by atoms with Crippen LogP contribution in [0.15, 0.2) is 48.5 Å². The van der Waals surface area contributed by atoms with Crippen LogP contribution in [0.3, 0.4) is 0 Å². The van der Waals surface area contributed by atoms with Gasteiger partial charge in [0.2, 0.25) is 0 Å². The quantitative estimate of drug-likeness (QED) is 0.0324. The summed E-state index contributed by atoms with van der Waals surface area (Å²) in [6.07, 6.45) is 46.1. The van der Waals surface area contributed by atoms with Crippen molar-refractivity contribution in [2.45, 2.75) is 308 Å². The van der Waals surface area contributed by atoms with Crippen molar-refractivity contribution in [3.63, 3.8) is 0 Å². The molecule has 0 unspecified atom stereocenters. The third kappa shape index (κ3) is 21.9. The van der Waals surface area contributed by atoms with Gasteiger partial charge >= 0.3 is 0 Å². The molecular formula is C76H120O8. The van der Waals surface area contributed by atoms with Gasteiger partial charge in [0, 0.05) is 92.4 Å². The number of aromatic hydroxyl groups is 4. The first-order chi connectivity index (χ1) is 41.1. The highest BCUT2D eigenvalue weighted by Gasteiger charge is 2.34. The van der Waals surface area contributed by atoms with E-state index in [9.17, 15) is 20.4 Å². The molecule has 1 aliphatic carbocycles. The molecular weight excluding hydrogens is 1040 g/mol. The van der Waals surface area contributed by atoms with Gasteiger partial charge in [0.05, 0.1) is 28.4 Å². The van der Waals surface area contributed by atoms with Crippen LogP contribution in [0, 0.1) is 0 Å². The zero-order chi connectivity index (χ0) is 60.3. The summed E-state index contributed by atoms with van der Waals surface area (Å²) < 4.78 is 25.6. The molecule has 5 rings (SSSR count). The first-order valence-electron chi connectivity index (χ1n) is 34.7. The Balaban J connectivity index is 1.77. The van der Waals surface area contributed by atoms with Crippen LogP contribution in [0.5, 0.6) is 46.0 Å². The van der Waals surface area contributed by atoms with Crippen LogP contribution < -0.4 is 18.9 Å². The van der Waals surface area contributed by atoms with Crippen molar-refractivity contribution in [1.82, 2.24) is 0 Å². The molecule has 0 saturated heterocycles. The number of ether oxygens (including phenoxy) is 4. The van der Waals surface area contributed by atoms with E-state index in [0.717, 1.165) is 147 Å². The summed E-state index contributed by atoms with van der Waals surface area (Å²) in [5, 5.41) is 49.8. The van der Waals surface area contributed by atoms with Gasteiger partial charge in [-0.1, -0.05) is 259 Å². The van der Waals surface area contributed by atoms with Crippen LogP contribution in [0.2, 0.25) is 0 Å². The maximum atomic E-state index is 12.4. The first-order valence-corrected chi connectivity index (χ1v) is 34.7. The van der Waals surface area contributed by atoms with Gasteiger partial charge in [0.1, 0.15) is 46.0 Å². The number of phenols is 4. The maximum Gasteiger partial charge on any atom is 0.126 e. The summed E-state index contributed by atoms with van der Waals surface area (Å²) in [5.41, 5.74) is 6.86. The van der Waals surface area contributed by atoms with E-state index < -0.39 is 0 Å². The van der Waals surface area contributed by atoms with E-state index in [1.807, 2.05) is 12.1 Å². The number of fused-ring (bicyclic) bond motifs is 8. The summed E-state index contributed by atoms with van der Waals surface area (Å²) >= 11 is 0. The van der Waals surface area contributed by atoms with Gasteiger partial charge < -0.3 is 39.4 Å². The van der Waals surface area contributed by atoms with Crippen LogP contribution in [0.1, 0.15) is 353 Å². The Morgan fingerprint density at radius 1 is 0.226 bits per heavy atom. The molecule has 1 aliphatic rings. The van der Waals surface area contributed by atoms with Gasteiger partial charge in [0.15, 0.2) is 0 Å². The molecule has 0 amide bonds. The molecule has 4 N–H and O–H groups in total. The molecule has 4 aromatic carbocycles. The lowest BCUT2D eigenvalue weighted by Gasteiger charge is -2.30. The average Bonchev–Trinajstić information content (AvgIpc) is 3.41. The highest BCUT2D eigenvalue weighted by atomic mass is 16.5. The molecule has 0 fully saturated rings. The van der Waals surface area contributed by atoms with Gasteiger partial charge in [-0.2, -0.15) is 0 Å². The molecule has 0 aliphatic heterocycles. The lowest BCUT2D eigenvalue weighted by Crippen LogP contribution is -2.13. The predicted octanol–water partition coefficient (Wildman–Crippen LogP) is 23.1. The molecule has 0 radical (unpaired) electrons. The topological polar surface area (TPSA) is 118 Å². The molecule has 4 atom stereocenters. The largest absolute Gasteiger partial charge is 0.508 e. The van der Waals surface area contributed by atoms with E-state index in [1.54, 1.807) is 40.6 Å². The van der Waals surface area contributed by atoms with Crippen molar-refractivity contribution < 1.29 is 39.4 Å². The lowest BCUT2D eigenvalue weighted by molar-refractivity contribution is 0.380. The highest BCUT2D eigenvalue weighted by Crippen LogP contribution is 2.53. The number of phenolic OH excluding ortho intramolecular Hbond substituents is 4. The van der Waals surface area contributed by atoms with Crippen LogP contribution in [-0.4, -0.2) is 48.9 Å². The molecule has 84 heavy (non-hydrogen) atoms.